The van der Waals surface area contributed by atoms with Crippen molar-refractivity contribution >= 4 is 40.5 Å². The Labute approximate surface area is 180 Å². The van der Waals surface area contributed by atoms with Crippen molar-refractivity contribution in [3.8, 4) is 6.07 Å². The van der Waals surface area contributed by atoms with Gasteiger partial charge in [-0.2, -0.15) is 5.26 Å². The number of oxazole rings is 1. The molecule has 2 heterocycles. The molecule has 0 amide bonds. The van der Waals surface area contributed by atoms with E-state index in [2.05, 4.69) is 11.1 Å². The second-order valence-electron chi connectivity index (χ2n) is 6.55. The predicted molar refractivity (Wildman–Crippen MR) is 112 cm³/mol. The summed E-state index contributed by atoms with van der Waals surface area (Å²) in [7, 11) is 0. The average molecular weight is 442 g/mol. The van der Waals surface area contributed by atoms with E-state index in [9.17, 15) is 15.4 Å². The van der Waals surface area contributed by atoms with E-state index >= 15 is 0 Å². The number of benzene rings is 2. The van der Waals surface area contributed by atoms with Gasteiger partial charge in [-0.3, -0.25) is 15.0 Å². The van der Waals surface area contributed by atoms with Gasteiger partial charge in [-0.15, -0.1) is 0 Å². The number of aromatic nitrogens is 1. The van der Waals surface area contributed by atoms with Crippen LogP contribution in [0.3, 0.4) is 0 Å². The highest BCUT2D eigenvalue weighted by Gasteiger charge is 2.39. The summed E-state index contributed by atoms with van der Waals surface area (Å²) in [6.07, 6.45) is 0. The first kappa shape index (κ1) is 19.8. The molecule has 1 aliphatic heterocycles. The van der Waals surface area contributed by atoms with Crippen LogP contribution in [0.15, 0.2) is 58.3 Å². The molecule has 10 heteroatoms. The molecule has 0 radical (unpaired) electrons. The molecule has 0 aliphatic carbocycles. The van der Waals surface area contributed by atoms with E-state index in [1.165, 1.54) is 18.2 Å². The lowest BCUT2D eigenvalue weighted by Crippen LogP contribution is -2.31. The Morgan fingerprint density at radius 3 is 2.73 bits per heavy atom. The number of anilines is 2. The molecule has 0 spiro atoms. The van der Waals surface area contributed by atoms with Crippen LogP contribution in [0.4, 0.5) is 17.3 Å². The molecule has 30 heavy (non-hydrogen) atoms. The number of allylic oxidation sites excluding steroid dienone is 1. The van der Waals surface area contributed by atoms with E-state index in [-0.39, 0.29) is 22.1 Å². The Hall–Kier alpha value is -3.54. The van der Waals surface area contributed by atoms with E-state index in [0.717, 1.165) is 0 Å². The van der Waals surface area contributed by atoms with Gasteiger partial charge in [-0.1, -0.05) is 29.3 Å². The van der Waals surface area contributed by atoms with Crippen molar-refractivity contribution < 1.29 is 9.34 Å². The molecular weight excluding hydrogens is 429 g/mol. The maximum atomic E-state index is 11.3. The Bertz CT molecular complexity index is 1260. The summed E-state index contributed by atoms with van der Waals surface area (Å²) < 4.78 is 5.82. The van der Waals surface area contributed by atoms with Crippen LogP contribution in [0.25, 0.3) is 0 Å². The van der Waals surface area contributed by atoms with Crippen LogP contribution in [-0.4, -0.2) is 9.91 Å². The Balaban J connectivity index is 2.00. The second kappa shape index (κ2) is 7.37. The van der Waals surface area contributed by atoms with Crippen molar-refractivity contribution in [2.75, 3.05) is 4.90 Å². The normalized spacial score (nSPS) is 15.7. The Morgan fingerprint density at radius 1 is 1.30 bits per heavy atom. The largest absolute Gasteiger partial charge is 0.424 e. The highest BCUT2D eigenvalue weighted by atomic mass is 35.5. The van der Waals surface area contributed by atoms with Gasteiger partial charge >= 0.3 is 0 Å². The molecule has 0 saturated heterocycles. The minimum absolute atomic E-state index is 0.0935. The number of non-ortho nitro benzene ring substituents is 1. The fourth-order valence-corrected chi connectivity index (χ4v) is 3.87. The van der Waals surface area contributed by atoms with Crippen LogP contribution in [0, 0.1) is 28.4 Å². The van der Waals surface area contributed by atoms with E-state index in [1.54, 1.807) is 36.1 Å². The first-order valence-electron chi connectivity index (χ1n) is 8.68. The van der Waals surface area contributed by atoms with Gasteiger partial charge in [0, 0.05) is 29.1 Å². The number of nitrogens with two attached hydrogens (primary N) is 1. The molecule has 1 aliphatic rings. The summed E-state index contributed by atoms with van der Waals surface area (Å²) in [6, 6.07) is 13.0. The fourth-order valence-electron chi connectivity index (χ4n) is 3.46. The number of rotatable bonds is 3. The number of hydrogen-bond donors (Lipinski definition) is 1. The van der Waals surface area contributed by atoms with E-state index in [1.807, 2.05) is 0 Å². The molecule has 0 bridgehead atoms. The average Bonchev–Trinajstić information content (AvgIpc) is 3.08. The van der Waals surface area contributed by atoms with E-state index in [0.29, 0.717) is 33.7 Å². The minimum atomic E-state index is -0.828. The topological polar surface area (TPSA) is 122 Å². The van der Waals surface area contributed by atoms with Gasteiger partial charge in [-0.25, -0.2) is 4.98 Å². The zero-order chi connectivity index (χ0) is 21.6. The molecular formula is C20H13Cl2N5O3. The molecule has 150 valence electrons. The van der Waals surface area contributed by atoms with Crippen molar-refractivity contribution in [2.24, 2.45) is 5.73 Å². The summed E-state index contributed by atoms with van der Waals surface area (Å²) >= 11 is 12.5. The highest BCUT2D eigenvalue weighted by Crippen LogP contribution is 2.48. The minimum Gasteiger partial charge on any atom is -0.424 e. The van der Waals surface area contributed by atoms with Gasteiger partial charge in [0.25, 0.3) is 5.69 Å². The van der Waals surface area contributed by atoms with Gasteiger partial charge in [0.2, 0.25) is 5.88 Å². The summed E-state index contributed by atoms with van der Waals surface area (Å²) in [4.78, 5) is 16.7. The monoisotopic (exact) mass is 441 g/mol. The number of fused-ring (bicyclic) bond motifs is 1. The predicted octanol–water partition coefficient (Wildman–Crippen LogP) is 5.18. The number of nitriles is 1. The highest BCUT2D eigenvalue weighted by molar-refractivity contribution is 6.31. The summed E-state index contributed by atoms with van der Waals surface area (Å²) in [5.41, 5.74) is 7.66. The van der Waals surface area contributed by atoms with Gasteiger partial charge in [0.1, 0.15) is 11.5 Å². The molecule has 1 aromatic heterocycles. The van der Waals surface area contributed by atoms with Crippen molar-refractivity contribution in [3.63, 3.8) is 0 Å². The van der Waals surface area contributed by atoms with Gasteiger partial charge in [0.05, 0.1) is 28.2 Å². The number of aryl methyl sites for hydroxylation is 1. The fraction of sp³-hybridized carbons (Fsp3) is 0.100. The lowest BCUT2D eigenvalue weighted by Gasteiger charge is -2.31. The number of nitrogens with zero attached hydrogens (tertiary/aromatic N) is 4. The van der Waals surface area contributed by atoms with Crippen molar-refractivity contribution in [1.82, 2.24) is 4.98 Å². The molecule has 4 rings (SSSR count). The van der Waals surface area contributed by atoms with Gasteiger partial charge in [-0.05, 0) is 29.8 Å². The molecule has 2 N–H and O–H groups in total. The first-order valence-corrected chi connectivity index (χ1v) is 9.44. The second-order valence-corrected chi connectivity index (χ2v) is 7.39. The van der Waals surface area contributed by atoms with Crippen LogP contribution in [0.1, 0.15) is 23.1 Å². The maximum Gasteiger partial charge on any atom is 0.269 e. The maximum absolute atomic E-state index is 11.3. The standard InChI is InChI=1S/C20H13Cl2N5O3/c1-10-25-18-17(14-8-13(27(28)29)5-6-16(14)22)15(9-23)19(24)26(20(18)30-10)12-4-2-3-11(21)7-12/h2-8,17H,24H2,1H3. The lowest BCUT2D eigenvalue weighted by molar-refractivity contribution is -0.384. The smallest absolute Gasteiger partial charge is 0.269 e. The Kier molecular flexibility index (Phi) is 4.86. The Morgan fingerprint density at radius 2 is 2.07 bits per heavy atom. The third-order valence-electron chi connectivity index (χ3n) is 4.71. The molecule has 0 saturated carbocycles. The van der Waals surface area contributed by atoms with Crippen LogP contribution >= 0.6 is 23.2 Å². The quantitative estimate of drug-likeness (QED) is 0.438. The van der Waals surface area contributed by atoms with Gasteiger partial charge in [0.15, 0.2) is 5.89 Å². The van der Waals surface area contributed by atoms with Crippen molar-refractivity contribution in [2.45, 2.75) is 12.8 Å². The summed E-state index contributed by atoms with van der Waals surface area (Å²) in [6.45, 7) is 1.66. The van der Waals surface area contributed by atoms with Gasteiger partial charge < -0.3 is 10.2 Å². The van der Waals surface area contributed by atoms with Crippen LogP contribution in [0.2, 0.25) is 10.0 Å². The lowest BCUT2D eigenvalue weighted by atomic mass is 9.86. The molecule has 1 unspecified atom stereocenters. The zero-order valence-corrected chi connectivity index (χ0v) is 17.0. The molecule has 1 atom stereocenters. The molecule has 2 aromatic carbocycles. The van der Waals surface area contributed by atoms with E-state index < -0.39 is 10.8 Å². The first-order chi connectivity index (χ1) is 14.3. The SMILES string of the molecule is Cc1nc2c(o1)N(c1cccc(Cl)c1)C(N)=C(C#N)C2c1cc([N+](=O)[O-])ccc1Cl. The van der Waals surface area contributed by atoms with Crippen LogP contribution < -0.4 is 10.6 Å². The van der Waals surface area contributed by atoms with E-state index in [4.69, 9.17) is 33.4 Å². The van der Waals surface area contributed by atoms with Crippen molar-refractivity contribution in [1.29, 1.82) is 5.26 Å². The molecule has 8 nitrogen and oxygen atoms in total. The van der Waals surface area contributed by atoms with Crippen LogP contribution in [0.5, 0.6) is 0 Å². The molecule has 0 fully saturated rings. The number of halogens is 2. The number of nitro benzene ring substituents is 1. The third kappa shape index (κ3) is 3.14. The molecule has 3 aromatic rings. The zero-order valence-electron chi connectivity index (χ0n) is 15.5. The number of nitro groups is 1. The summed E-state index contributed by atoms with van der Waals surface area (Å²) in [5, 5.41) is 21.9. The van der Waals surface area contributed by atoms with Crippen LogP contribution in [-0.2, 0) is 0 Å². The van der Waals surface area contributed by atoms with Crippen molar-refractivity contribution in [3.05, 3.63) is 91.2 Å². The number of hydrogen-bond acceptors (Lipinski definition) is 7. The summed E-state index contributed by atoms with van der Waals surface area (Å²) in [5.74, 6) is -0.106. The third-order valence-corrected chi connectivity index (χ3v) is 5.29.